The van der Waals surface area contributed by atoms with Gasteiger partial charge < -0.3 is 10.4 Å². The lowest BCUT2D eigenvalue weighted by molar-refractivity contribution is -0.123. The first kappa shape index (κ1) is 16.6. The van der Waals surface area contributed by atoms with E-state index in [-0.39, 0.29) is 30.3 Å². The van der Waals surface area contributed by atoms with Crippen molar-refractivity contribution in [3.8, 4) is 0 Å². The van der Waals surface area contributed by atoms with Crippen LogP contribution in [0.2, 0.25) is 0 Å². The standard InChI is InChI=1S/C12H20F2N2O2.ClH/c13-12(14)5-9(16-7-12)11(18)15-6-8-3-1-2-4-10(8)17;/h8-10,16-17H,1-7H2,(H,15,18);1H. The number of nitrogens with one attached hydrogen (secondary N) is 2. The predicted molar refractivity (Wildman–Crippen MR) is 69.6 cm³/mol. The van der Waals surface area contributed by atoms with Crippen molar-refractivity contribution in [1.29, 1.82) is 0 Å². The smallest absolute Gasteiger partial charge is 0.262 e. The summed E-state index contributed by atoms with van der Waals surface area (Å²) < 4.78 is 25.9. The zero-order valence-electron chi connectivity index (χ0n) is 10.7. The maximum atomic E-state index is 12.9. The van der Waals surface area contributed by atoms with Crippen LogP contribution in [0, 0.1) is 5.92 Å². The Morgan fingerprint density at radius 2 is 2.05 bits per heavy atom. The first-order valence-electron chi connectivity index (χ1n) is 6.55. The molecule has 1 aliphatic heterocycles. The van der Waals surface area contributed by atoms with E-state index in [1.165, 1.54) is 0 Å². The van der Waals surface area contributed by atoms with Gasteiger partial charge in [-0.25, -0.2) is 8.78 Å². The lowest BCUT2D eigenvalue weighted by atomic mass is 9.86. The van der Waals surface area contributed by atoms with Crippen molar-refractivity contribution >= 4 is 18.3 Å². The second kappa shape index (κ2) is 6.81. The number of aliphatic hydroxyl groups is 1. The van der Waals surface area contributed by atoms with E-state index in [0.29, 0.717) is 6.54 Å². The van der Waals surface area contributed by atoms with Crippen LogP contribution in [0.3, 0.4) is 0 Å². The average molecular weight is 299 g/mol. The number of aliphatic hydroxyl groups excluding tert-OH is 1. The third-order valence-corrected chi connectivity index (χ3v) is 3.83. The Morgan fingerprint density at radius 3 is 2.63 bits per heavy atom. The van der Waals surface area contributed by atoms with Crippen molar-refractivity contribution < 1.29 is 18.7 Å². The van der Waals surface area contributed by atoms with E-state index in [4.69, 9.17) is 0 Å². The molecule has 1 aliphatic carbocycles. The largest absolute Gasteiger partial charge is 0.393 e. The number of amides is 1. The van der Waals surface area contributed by atoms with Gasteiger partial charge in [0.2, 0.25) is 5.91 Å². The Kier molecular flexibility index (Phi) is 5.95. The molecule has 2 aliphatic rings. The van der Waals surface area contributed by atoms with Crippen LogP contribution >= 0.6 is 12.4 Å². The molecule has 2 fully saturated rings. The van der Waals surface area contributed by atoms with Gasteiger partial charge in [0.15, 0.2) is 0 Å². The summed E-state index contributed by atoms with van der Waals surface area (Å²) in [5, 5.41) is 14.9. The number of carbonyl (C=O) groups is 1. The van der Waals surface area contributed by atoms with Crippen LogP contribution in [0.4, 0.5) is 8.78 Å². The third-order valence-electron chi connectivity index (χ3n) is 3.83. The Hall–Kier alpha value is -0.460. The minimum Gasteiger partial charge on any atom is -0.393 e. The van der Waals surface area contributed by atoms with Crippen LogP contribution in [0.15, 0.2) is 0 Å². The predicted octanol–water partition coefficient (Wildman–Crippen LogP) is 1.07. The van der Waals surface area contributed by atoms with Gasteiger partial charge in [0.25, 0.3) is 5.92 Å². The van der Waals surface area contributed by atoms with Crippen LogP contribution in [-0.2, 0) is 4.79 Å². The zero-order chi connectivity index (χ0) is 13.2. The van der Waals surface area contributed by atoms with Gasteiger partial charge >= 0.3 is 0 Å². The molecule has 0 aromatic heterocycles. The quantitative estimate of drug-likeness (QED) is 0.730. The summed E-state index contributed by atoms with van der Waals surface area (Å²) in [6, 6.07) is -0.805. The summed E-state index contributed by atoms with van der Waals surface area (Å²) in [4.78, 5) is 11.7. The molecular weight excluding hydrogens is 278 g/mol. The first-order chi connectivity index (χ1) is 8.48. The summed E-state index contributed by atoms with van der Waals surface area (Å²) in [7, 11) is 0. The van der Waals surface area contributed by atoms with Gasteiger partial charge in [0.1, 0.15) is 0 Å². The average Bonchev–Trinajstić information content (AvgIpc) is 2.68. The second-order valence-electron chi connectivity index (χ2n) is 5.35. The topological polar surface area (TPSA) is 61.4 Å². The van der Waals surface area contributed by atoms with Gasteiger partial charge in [-0.3, -0.25) is 10.1 Å². The molecular formula is C12H21ClF2N2O2. The van der Waals surface area contributed by atoms with E-state index in [1.807, 2.05) is 0 Å². The normalized spacial score (nSPS) is 33.5. The van der Waals surface area contributed by atoms with Gasteiger partial charge in [0.05, 0.1) is 18.7 Å². The summed E-state index contributed by atoms with van der Waals surface area (Å²) in [6.07, 6.45) is 2.90. The maximum Gasteiger partial charge on any atom is 0.262 e. The Labute approximate surface area is 117 Å². The van der Waals surface area contributed by atoms with E-state index < -0.39 is 24.9 Å². The van der Waals surface area contributed by atoms with E-state index in [0.717, 1.165) is 25.7 Å². The van der Waals surface area contributed by atoms with Crippen LogP contribution in [0.5, 0.6) is 0 Å². The molecule has 3 N–H and O–H groups in total. The molecule has 0 bridgehead atoms. The molecule has 1 saturated carbocycles. The molecule has 0 aromatic carbocycles. The number of hydrogen-bond donors (Lipinski definition) is 3. The Balaban J connectivity index is 0.00000180. The minimum absolute atomic E-state index is 0. The zero-order valence-corrected chi connectivity index (χ0v) is 11.5. The van der Waals surface area contributed by atoms with Crippen molar-refractivity contribution in [2.45, 2.75) is 50.2 Å². The summed E-state index contributed by atoms with van der Waals surface area (Å²) in [5.74, 6) is -3.11. The molecule has 2 rings (SSSR count). The molecule has 3 atom stereocenters. The molecule has 4 nitrogen and oxygen atoms in total. The highest BCUT2D eigenvalue weighted by molar-refractivity contribution is 5.85. The highest BCUT2D eigenvalue weighted by Gasteiger charge is 2.42. The number of rotatable bonds is 3. The van der Waals surface area contributed by atoms with Crippen molar-refractivity contribution in [1.82, 2.24) is 10.6 Å². The molecule has 0 aromatic rings. The fourth-order valence-electron chi connectivity index (χ4n) is 2.68. The molecule has 1 amide bonds. The molecule has 112 valence electrons. The summed E-state index contributed by atoms with van der Waals surface area (Å²) >= 11 is 0. The number of alkyl halides is 2. The Bertz CT molecular complexity index is 318. The molecule has 19 heavy (non-hydrogen) atoms. The maximum absolute atomic E-state index is 12.9. The number of halogens is 3. The van der Waals surface area contributed by atoms with Crippen molar-refractivity contribution in [3.05, 3.63) is 0 Å². The molecule has 1 heterocycles. The van der Waals surface area contributed by atoms with Crippen LogP contribution in [0.1, 0.15) is 32.1 Å². The number of carbonyl (C=O) groups excluding carboxylic acids is 1. The van der Waals surface area contributed by atoms with Crippen LogP contribution in [0.25, 0.3) is 0 Å². The van der Waals surface area contributed by atoms with Gasteiger partial charge in [0, 0.05) is 18.9 Å². The molecule has 1 saturated heterocycles. The number of hydrogen-bond acceptors (Lipinski definition) is 3. The van der Waals surface area contributed by atoms with Crippen molar-refractivity contribution in [2.24, 2.45) is 5.92 Å². The second-order valence-corrected chi connectivity index (χ2v) is 5.35. The highest BCUT2D eigenvalue weighted by atomic mass is 35.5. The van der Waals surface area contributed by atoms with Gasteiger partial charge in [-0.15, -0.1) is 12.4 Å². The summed E-state index contributed by atoms with van der Waals surface area (Å²) in [6.45, 7) is -0.0547. The molecule has 7 heteroatoms. The van der Waals surface area contributed by atoms with E-state index in [1.54, 1.807) is 0 Å². The third kappa shape index (κ3) is 4.54. The molecule has 0 radical (unpaired) electrons. The van der Waals surface area contributed by atoms with Gasteiger partial charge in [-0.2, -0.15) is 0 Å². The molecule has 3 unspecified atom stereocenters. The monoisotopic (exact) mass is 298 g/mol. The van der Waals surface area contributed by atoms with Crippen LogP contribution < -0.4 is 10.6 Å². The van der Waals surface area contributed by atoms with Crippen molar-refractivity contribution in [3.63, 3.8) is 0 Å². The van der Waals surface area contributed by atoms with Crippen molar-refractivity contribution in [2.75, 3.05) is 13.1 Å². The lowest BCUT2D eigenvalue weighted by Gasteiger charge is -2.28. The fourth-order valence-corrected chi connectivity index (χ4v) is 2.68. The summed E-state index contributed by atoms with van der Waals surface area (Å²) in [5.41, 5.74) is 0. The van der Waals surface area contributed by atoms with E-state index >= 15 is 0 Å². The van der Waals surface area contributed by atoms with Gasteiger partial charge in [-0.05, 0) is 12.8 Å². The van der Waals surface area contributed by atoms with Gasteiger partial charge in [-0.1, -0.05) is 12.8 Å². The van der Waals surface area contributed by atoms with E-state index in [2.05, 4.69) is 10.6 Å². The lowest BCUT2D eigenvalue weighted by Crippen LogP contribution is -2.44. The van der Waals surface area contributed by atoms with Crippen LogP contribution in [-0.4, -0.2) is 42.2 Å². The van der Waals surface area contributed by atoms with E-state index in [9.17, 15) is 18.7 Å². The fraction of sp³-hybridized carbons (Fsp3) is 0.917. The Morgan fingerprint density at radius 1 is 1.37 bits per heavy atom. The first-order valence-corrected chi connectivity index (χ1v) is 6.55. The SMILES string of the molecule is Cl.O=C(NCC1CCCCC1O)C1CC(F)(F)CN1. The highest BCUT2D eigenvalue weighted by Crippen LogP contribution is 2.26. The molecule has 0 spiro atoms. The minimum atomic E-state index is -2.79.